The molecule has 1 aromatic carbocycles. The van der Waals surface area contributed by atoms with Gasteiger partial charge in [-0.1, -0.05) is 24.3 Å². The van der Waals surface area contributed by atoms with Crippen LogP contribution in [0.2, 0.25) is 0 Å². The predicted octanol–water partition coefficient (Wildman–Crippen LogP) is 3.71. The van der Waals surface area contributed by atoms with Crippen LogP contribution in [0.15, 0.2) is 36.5 Å². The molecular formula is C19H24F2N4O. The average molecular weight is 362 g/mol. The molecule has 1 fully saturated rings. The fourth-order valence-electron chi connectivity index (χ4n) is 3.52. The number of likely N-dealkylation sites (tertiary alicyclic amines) is 1. The summed E-state index contributed by atoms with van der Waals surface area (Å²) in [6.07, 6.45) is 3.97. The second-order valence-electron chi connectivity index (χ2n) is 6.93. The van der Waals surface area contributed by atoms with Crippen molar-refractivity contribution in [3.05, 3.63) is 53.3 Å². The number of hydrogen-bond acceptors (Lipinski definition) is 3. The maximum atomic E-state index is 13.1. The molecule has 2 aromatic rings. The van der Waals surface area contributed by atoms with E-state index in [4.69, 9.17) is 0 Å². The van der Waals surface area contributed by atoms with E-state index in [1.165, 1.54) is 17.8 Å². The van der Waals surface area contributed by atoms with Gasteiger partial charge in [-0.05, 0) is 50.6 Å². The van der Waals surface area contributed by atoms with Crippen molar-refractivity contribution in [3.8, 4) is 0 Å². The number of carbonyl (C=O) groups excluding carboxylic acids is 1. The summed E-state index contributed by atoms with van der Waals surface area (Å²) in [6.45, 7) is -1.41. The Morgan fingerprint density at radius 1 is 1.23 bits per heavy atom. The molecule has 5 nitrogen and oxygen atoms in total. The number of alkyl halides is 2. The molecule has 2 heterocycles. The number of benzene rings is 1. The SMILES string of the molecule is CN(C)Cc1ccc(C2CCCCN2C(=O)c2ccnn2C(F)F)cc1. The smallest absolute Gasteiger partial charge is 0.330 e. The lowest BCUT2D eigenvalue weighted by atomic mass is 9.94. The number of aromatic nitrogens is 2. The van der Waals surface area contributed by atoms with Gasteiger partial charge in [0.25, 0.3) is 5.91 Å². The van der Waals surface area contributed by atoms with E-state index in [0.29, 0.717) is 11.2 Å². The van der Waals surface area contributed by atoms with Crippen LogP contribution in [0.25, 0.3) is 0 Å². The zero-order valence-corrected chi connectivity index (χ0v) is 15.1. The molecule has 1 saturated heterocycles. The third-order valence-corrected chi connectivity index (χ3v) is 4.70. The monoisotopic (exact) mass is 362 g/mol. The predicted molar refractivity (Wildman–Crippen MR) is 94.9 cm³/mol. The van der Waals surface area contributed by atoms with Gasteiger partial charge in [-0.3, -0.25) is 4.79 Å². The third kappa shape index (κ3) is 3.93. The Bertz CT molecular complexity index is 742. The lowest BCUT2D eigenvalue weighted by Crippen LogP contribution is -2.39. The fraction of sp³-hybridized carbons (Fsp3) is 0.474. The highest BCUT2D eigenvalue weighted by molar-refractivity contribution is 5.93. The first-order chi connectivity index (χ1) is 12.5. The highest BCUT2D eigenvalue weighted by Gasteiger charge is 2.31. The molecule has 26 heavy (non-hydrogen) atoms. The van der Waals surface area contributed by atoms with Crippen molar-refractivity contribution in [1.82, 2.24) is 19.6 Å². The summed E-state index contributed by atoms with van der Waals surface area (Å²) in [5.41, 5.74) is 2.18. The zero-order chi connectivity index (χ0) is 18.7. The minimum Gasteiger partial charge on any atom is -0.330 e. The fourth-order valence-corrected chi connectivity index (χ4v) is 3.52. The first kappa shape index (κ1) is 18.5. The molecular weight excluding hydrogens is 338 g/mol. The van der Waals surface area contributed by atoms with Crippen molar-refractivity contribution in [3.63, 3.8) is 0 Å². The topological polar surface area (TPSA) is 41.4 Å². The van der Waals surface area contributed by atoms with Gasteiger partial charge in [-0.15, -0.1) is 0 Å². The molecule has 1 aliphatic heterocycles. The molecule has 0 spiro atoms. The van der Waals surface area contributed by atoms with Crippen LogP contribution in [0, 0.1) is 0 Å². The quantitative estimate of drug-likeness (QED) is 0.814. The van der Waals surface area contributed by atoms with Crippen molar-refractivity contribution in [1.29, 1.82) is 0 Å². The zero-order valence-electron chi connectivity index (χ0n) is 15.1. The molecule has 1 aromatic heterocycles. The van der Waals surface area contributed by atoms with E-state index in [2.05, 4.69) is 22.1 Å². The molecule has 1 aliphatic rings. The van der Waals surface area contributed by atoms with Crippen LogP contribution in [0.3, 0.4) is 0 Å². The van der Waals surface area contributed by atoms with Gasteiger partial charge < -0.3 is 9.80 Å². The summed E-state index contributed by atoms with van der Waals surface area (Å²) in [5.74, 6) is -0.384. The second-order valence-corrected chi connectivity index (χ2v) is 6.93. The first-order valence-electron chi connectivity index (χ1n) is 8.83. The van der Waals surface area contributed by atoms with Gasteiger partial charge in [0.2, 0.25) is 0 Å². The van der Waals surface area contributed by atoms with Gasteiger partial charge in [0, 0.05) is 19.3 Å². The summed E-state index contributed by atoms with van der Waals surface area (Å²) < 4.78 is 26.7. The molecule has 0 bridgehead atoms. The van der Waals surface area contributed by atoms with Gasteiger partial charge in [0.15, 0.2) is 0 Å². The molecule has 1 amide bonds. The molecule has 0 aliphatic carbocycles. The summed E-state index contributed by atoms with van der Waals surface area (Å²) in [6, 6.07) is 9.48. The van der Waals surface area contributed by atoms with E-state index < -0.39 is 6.55 Å². The molecule has 0 radical (unpaired) electrons. The Labute approximate surface area is 152 Å². The normalized spacial score (nSPS) is 17.9. The number of nitrogens with zero attached hydrogens (tertiary/aromatic N) is 4. The summed E-state index contributed by atoms with van der Waals surface area (Å²) in [7, 11) is 4.03. The number of hydrogen-bond donors (Lipinski definition) is 0. The highest BCUT2D eigenvalue weighted by atomic mass is 19.3. The van der Waals surface area contributed by atoms with Gasteiger partial charge >= 0.3 is 6.55 Å². The standard InChI is InChI=1S/C19H24F2N4O/c1-23(2)13-14-6-8-15(9-7-14)16-5-3-4-12-24(16)18(26)17-10-11-22-25(17)19(20)21/h6-11,16,19H,3-5,12-13H2,1-2H3. The summed E-state index contributed by atoms with van der Waals surface area (Å²) in [5, 5.41) is 3.58. The van der Waals surface area contributed by atoms with Crippen molar-refractivity contribution in [2.24, 2.45) is 0 Å². The summed E-state index contributed by atoms with van der Waals surface area (Å²) in [4.78, 5) is 16.7. The van der Waals surface area contributed by atoms with Gasteiger partial charge in [0.1, 0.15) is 5.69 Å². The van der Waals surface area contributed by atoms with Crippen molar-refractivity contribution in [2.45, 2.75) is 38.4 Å². The van der Waals surface area contributed by atoms with E-state index in [9.17, 15) is 13.6 Å². The Kier molecular flexibility index (Phi) is 5.66. The molecule has 3 rings (SSSR count). The summed E-state index contributed by atoms with van der Waals surface area (Å²) >= 11 is 0. The molecule has 0 N–H and O–H groups in total. The van der Waals surface area contributed by atoms with Crippen molar-refractivity contribution in [2.75, 3.05) is 20.6 Å². The lowest BCUT2D eigenvalue weighted by molar-refractivity contribution is 0.0411. The molecule has 1 atom stereocenters. The van der Waals surface area contributed by atoms with E-state index in [-0.39, 0.29) is 17.6 Å². The van der Waals surface area contributed by atoms with Crippen LogP contribution in [0.4, 0.5) is 8.78 Å². The Hall–Kier alpha value is -2.28. The van der Waals surface area contributed by atoms with E-state index in [0.717, 1.165) is 31.4 Å². The van der Waals surface area contributed by atoms with Crippen LogP contribution in [-0.4, -0.2) is 46.1 Å². The Morgan fingerprint density at radius 3 is 2.62 bits per heavy atom. The van der Waals surface area contributed by atoms with Crippen molar-refractivity contribution >= 4 is 5.91 Å². The molecule has 140 valence electrons. The molecule has 1 unspecified atom stereocenters. The molecule has 0 saturated carbocycles. The molecule has 7 heteroatoms. The number of carbonyl (C=O) groups is 1. The lowest BCUT2D eigenvalue weighted by Gasteiger charge is -2.36. The van der Waals surface area contributed by atoms with Gasteiger partial charge in [-0.25, -0.2) is 0 Å². The first-order valence-corrected chi connectivity index (χ1v) is 8.83. The van der Waals surface area contributed by atoms with E-state index in [1.54, 1.807) is 4.90 Å². The number of amides is 1. The Balaban J connectivity index is 1.83. The van der Waals surface area contributed by atoms with Gasteiger partial charge in [0.05, 0.1) is 6.04 Å². The van der Waals surface area contributed by atoms with Crippen LogP contribution in [0.5, 0.6) is 0 Å². The number of piperidine rings is 1. The van der Waals surface area contributed by atoms with E-state index in [1.807, 2.05) is 26.2 Å². The maximum Gasteiger partial charge on any atom is 0.333 e. The maximum absolute atomic E-state index is 13.1. The second kappa shape index (κ2) is 7.95. The third-order valence-electron chi connectivity index (χ3n) is 4.70. The van der Waals surface area contributed by atoms with Crippen LogP contribution < -0.4 is 0 Å². The average Bonchev–Trinajstić information content (AvgIpc) is 3.11. The minimum atomic E-state index is -2.82. The van der Waals surface area contributed by atoms with Gasteiger partial charge in [-0.2, -0.15) is 18.6 Å². The number of rotatable bonds is 5. The Morgan fingerprint density at radius 2 is 1.96 bits per heavy atom. The van der Waals surface area contributed by atoms with E-state index >= 15 is 0 Å². The van der Waals surface area contributed by atoms with Crippen molar-refractivity contribution < 1.29 is 13.6 Å². The highest BCUT2D eigenvalue weighted by Crippen LogP contribution is 2.32. The number of halogens is 2. The minimum absolute atomic E-state index is 0.0591. The van der Waals surface area contributed by atoms with Crippen LogP contribution in [-0.2, 0) is 6.54 Å². The van der Waals surface area contributed by atoms with Crippen LogP contribution in [0.1, 0.15) is 53.5 Å². The largest absolute Gasteiger partial charge is 0.333 e. The van der Waals surface area contributed by atoms with Crippen LogP contribution >= 0.6 is 0 Å².